The lowest BCUT2D eigenvalue weighted by Gasteiger charge is -2.33. The highest BCUT2D eigenvalue weighted by Gasteiger charge is 2.28. The standard InChI is InChI=1S/C20H24N6O.2ClH/c1-13(21)15-7-10-25(11-8-15)20(27)19-14(2)26(24-23-19)17-5-6-18-16(12-17)4-3-9-22-18;;/h3-6,9,12-13,15H,7-8,10-11,21H2,1-2H3;2*1H. The SMILES string of the molecule is Cc1c(C(=O)N2CCC(C(C)N)CC2)nnn1-c1ccc2ncccc2c1.Cl.Cl. The maximum Gasteiger partial charge on any atom is 0.276 e. The molecule has 1 atom stereocenters. The average molecular weight is 437 g/mol. The molecule has 3 heterocycles. The number of aromatic nitrogens is 4. The van der Waals surface area contributed by atoms with Gasteiger partial charge in [-0.15, -0.1) is 29.9 Å². The third kappa shape index (κ3) is 4.52. The van der Waals surface area contributed by atoms with Crippen molar-refractivity contribution < 1.29 is 4.79 Å². The van der Waals surface area contributed by atoms with Gasteiger partial charge in [-0.05, 0) is 56.9 Å². The molecule has 4 rings (SSSR count). The number of benzene rings is 1. The van der Waals surface area contributed by atoms with Crippen LogP contribution >= 0.6 is 24.8 Å². The van der Waals surface area contributed by atoms with Gasteiger partial charge in [0, 0.05) is 30.7 Å². The first-order valence-electron chi connectivity index (χ1n) is 9.37. The fraction of sp³-hybridized carbons (Fsp3) is 0.400. The molecule has 1 amide bonds. The van der Waals surface area contributed by atoms with Crippen molar-refractivity contribution in [2.24, 2.45) is 11.7 Å². The van der Waals surface area contributed by atoms with Crippen LogP contribution in [0.3, 0.4) is 0 Å². The summed E-state index contributed by atoms with van der Waals surface area (Å²) in [7, 11) is 0. The van der Waals surface area contributed by atoms with Gasteiger partial charge in [0.05, 0.1) is 16.9 Å². The minimum atomic E-state index is -0.0515. The molecule has 1 fully saturated rings. The molecular formula is C20H26Cl2N6O. The summed E-state index contributed by atoms with van der Waals surface area (Å²) >= 11 is 0. The summed E-state index contributed by atoms with van der Waals surface area (Å²) in [6, 6.07) is 9.98. The van der Waals surface area contributed by atoms with E-state index in [1.165, 1.54) is 0 Å². The van der Waals surface area contributed by atoms with Gasteiger partial charge in [0.25, 0.3) is 5.91 Å². The van der Waals surface area contributed by atoms with Crippen LogP contribution in [0.15, 0.2) is 36.5 Å². The summed E-state index contributed by atoms with van der Waals surface area (Å²) in [4.78, 5) is 19.1. The van der Waals surface area contributed by atoms with E-state index < -0.39 is 0 Å². The number of pyridine rings is 1. The molecule has 29 heavy (non-hydrogen) atoms. The predicted molar refractivity (Wildman–Crippen MR) is 118 cm³/mol. The number of rotatable bonds is 3. The Labute approximate surface area is 182 Å². The molecule has 0 radical (unpaired) electrons. The zero-order chi connectivity index (χ0) is 19.0. The first-order chi connectivity index (χ1) is 13.0. The number of halogens is 2. The monoisotopic (exact) mass is 436 g/mol. The second kappa shape index (κ2) is 9.52. The van der Waals surface area contributed by atoms with Crippen molar-refractivity contribution in [1.29, 1.82) is 0 Å². The fourth-order valence-electron chi connectivity index (χ4n) is 3.74. The van der Waals surface area contributed by atoms with E-state index in [4.69, 9.17) is 5.73 Å². The maximum absolute atomic E-state index is 12.9. The summed E-state index contributed by atoms with van der Waals surface area (Å²) in [5, 5.41) is 9.44. The maximum atomic E-state index is 12.9. The molecule has 1 saturated heterocycles. The summed E-state index contributed by atoms with van der Waals surface area (Å²) in [5.74, 6) is 0.432. The molecule has 1 unspecified atom stereocenters. The quantitative estimate of drug-likeness (QED) is 0.680. The van der Waals surface area contributed by atoms with Gasteiger partial charge >= 0.3 is 0 Å². The Kier molecular flexibility index (Phi) is 7.57. The van der Waals surface area contributed by atoms with E-state index in [9.17, 15) is 4.79 Å². The van der Waals surface area contributed by atoms with Gasteiger partial charge in [-0.3, -0.25) is 9.78 Å². The molecular weight excluding hydrogens is 411 g/mol. The molecule has 1 aromatic carbocycles. The summed E-state index contributed by atoms with van der Waals surface area (Å²) < 4.78 is 1.72. The lowest BCUT2D eigenvalue weighted by Crippen LogP contribution is -2.42. The minimum Gasteiger partial charge on any atom is -0.337 e. The van der Waals surface area contributed by atoms with Crippen LogP contribution in [0.25, 0.3) is 16.6 Å². The number of hydrogen-bond acceptors (Lipinski definition) is 5. The number of nitrogens with two attached hydrogens (primary N) is 1. The molecule has 1 aliphatic rings. The Bertz CT molecular complexity index is 982. The summed E-state index contributed by atoms with van der Waals surface area (Å²) in [6.07, 6.45) is 3.65. The topological polar surface area (TPSA) is 89.9 Å². The zero-order valence-corrected chi connectivity index (χ0v) is 18.1. The number of carbonyl (C=O) groups is 1. The van der Waals surface area contributed by atoms with Gasteiger partial charge in [-0.25, -0.2) is 4.68 Å². The van der Waals surface area contributed by atoms with Crippen LogP contribution in [0.2, 0.25) is 0 Å². The second-order valence-electron chi connectivity index (χ2n) is 7.30. The number of nitrogens with zero attached hydrogens (tertiary/aromatic N) is 5. The van der Waals surface area contributed by atoms with Crippen molar-refractivity contribution in [3.63, 3.8) is 0 Å². The highest BCUT2D eigenvalue weighted by atomic mass is 35.5. The minimum absolute atomic E-state index is 0. The molecule has 2 N–H and O–H groups in total. The first-order valence-corrected chi connectivity index (χ1v) is 9.37. The van der Waals surface area contributed by atoms with Crippen LogP contribution < -0.4 is 5.73 Å². The lowest BCUT2D eigenvalue weighted by atomic mass is 9.91. The van der Waals surface area contributed by atoms with Gasteiger partial charge in [0.2, 0.25) is 0 Å². The van der Waals surface area contributed by atoms with Gasteiger partial charge in [0.15, 0.2) is 5.69 Å². The van der Waals surface area contributed by atoms with E-state index in [0.717, 1.165) is 48.2 Å². The van der Waals surface area contributed by atoms with Gasteiger partial charge in [-0.2, -0.15) is 0 Å². The number of piperidine rings is 1. The number of likely N-dealkylation sites (tertiary alicyclic amines) is 1. The molecule has 2 aromatic heterocycles. The van der Waals surface area contributed by atoms with Crippen LogP contribution in [0.4, 0.5) is 0 Å². The van der Waals surface area contributed by atoms with Crippen molar-refractivity contribution in [3.8, 4) is 5.69 Å². The van der Waals surface area contributed by atoms with E-state index >= 15 is 0 Å². The fourth-order valence-corrected chi connectivity index (χ4v) is 3.74. The van der Waals surface area contributed by atoms with E-state index in [2.05, 4.69) is 15.3 Å². The number of fused-ring (bicyclic) bond motifs is 1. The van der Waals surface area contributed by atoms with Gasteiger partial charge in [-0.1, -0.05) is 11.3 Å². The Morgan fingerprint density at radius 2 is 1.93 bits per heavy atom. The predicted octanol–water partition coefficient (Wildman–Crippen LogP) is 3.17. The first kappa shape index (κ1) is 23.1. The van der Waals surface area contributed by atoms with Crippen molar-refractivity contribution in [2.75, 3.05) is 13.1 Å². The Hall–Kier alpha value is -2.22. The largest absolute Gasteiger partial charge is 0.337 e. The van der Waals surface area contributed by atoms with E-state index in [1.807, 2.05) is 49.1 Å². The van der Waals surface area contributed by atoms with Crippen LogP contribution in [-0.2, 0) is 0 Å². The highest BCUT2D eigenvalue weighted by Crippen LogP contribution is 2.23. The van der Waals surface area contributed by atoms with Crippen molar-refractivity contribution in [3.05, 3.63) is 47.9 Å². The molecule has 156 valence electrons. The molecule has 0 spiro atoms. The Morgan fingerprint density at radius 1 is 1.21 bits per heavy atom. The lowest BCUT2D eigenvalue weighted by molar-refractivity contribution is 0.0674. The normalized spacial score (nSPS) is 15.5. The van der Waals surface area contributed by atoms with E-state index in [1.54, 1.807) is 10.9 Å². The molecule has 7 nitrogen and oxygen atoms in total. The summed E-state index contributed by atoms with van der Waals surface area (Å²) in [6.45, 7) is 5.37. The smallest absolute Gasteiger partial charge is 0.276 e. The Morgan fingerprint density at radius 3 is 2.62 bits per heavy atom. The number of carbonyl (C=O) groups excluding carboxylic acids is 1. The third-order valence-electron chi connectivity index (χ3n) is 5.50. The third-order valence-corrected chi connectivity index (χ3v) is 5.50. The molecule has 1 aliphatic heterocycles. The van der Waals surface area contributed by atoms with Crippen LogP contribution in [-0.4, -0.2) is 49.9 Å². The molecule has 0 bridgehead atoms. The van der Waals surface area contributed by atoms with Gasteiger partial charge < -0.3 is 10.6 Å². The molecule has 9 heteroatoms. The van der Waals surface area contributed by atoms with Crippen LogP contribution in [0, 0.1) is 12.8 Å². The van der Waals surface area contributed by atoms with Crippen molar-refractivity contribution in [1.82, 2.24) is 24.9 Å². The van der Waals surface area contributed by atoms with Crippen LogP contribution in [0.5, 0.6) is 0 Å². The van der Waals surface area contributed by atoms with E-state index in [0.29, 0.717) is 11.6 Å². The Balaban J connectivity index is 0.00000150. The summed E-state index contributed by atoms with van der Waals surface area (Å²) in [5.41, 5.74) is 8.96. The van der Waals surface area contributed by atoms with Gasteiger partial charge in [0.1, 0.15) is 0 Å². The zero-order valence-electron chi connectivity index (χ0n) is 16.5. The second-order valence-corrected chi connectivity index (χ2v) is 7.30. The van der Waals surface area contributed by atoms with E-state index in [-0.39, 0.29) is 36.8 Å². The molecule has 0 saturated carbocycles. The van der Waals surface area contributed by atoms with Crippen LogP contribution in [0.1, 0.15) is 35.9 Å². The number of hydrogen-bond donors (Lipinski definition) is 1. The molecule has 0 aliphatic carbocycles. The number of amides is 1. The average Bonchev–Trinajstić information content (AvgIpc) is 3.08. The highest BCUT2D eigenvalue weighted by molar-refractivity contribution is 5.93. The van der Waals surface area contributed by atoms with Crippen molar-refractivity contribution in [2.45, 2.75) is 32.7 Å². The van der Waals surface area contributed by atoms with Crippen molar-refractivity contribution >= 4 is 41.6 Å². The molecule has 3 aromatic rings.